The van der Waals surface area contributed by atoms with E-state index in [0.29, 0.717) is 5.75 Å². The number of benzene rings is 1. The lowest BCUT2D eigenvalue weighted by Crippen LogP contribution is -2.27. The Balaban J connectivity index is 2.56. The molecule has 0 saturated carbocycles. The van der Waals surface area contributed by atoms with Crippen LogP contribution in [0.4, 0.5) is 0 Å². The van der Waals surface area contributed by atoms with Gasteiger partial charge in [0.15, 0.2) is 6.10 Å². The molecule has 0 aliphatic rings. The van der Waals surface area contributed by atoms with Crippen molar-refractivity contribution < 1.29 is 19.4 Å². The summed E-state index contributed by atoms with van der Waals surface area (Å²) in [6.45, 7) is 3.03. The van der Waals surface area contributed by atoms with Gasteiger partial charge in [0.25, 0.3) is 0 Å². The van der Waals surface area contributed by atoms with Crippen molar-refractivity contribution in [1.29, 1.82) is 0 Å². The second kappa shape index (κ2) is 7.56. The normalized spacial score (nSPS) is 11.7. The molecule has 0 spiro atoms. The summed E-state index contributed by atoms with van der Waals surface area (Å²) < 4.78 is 12.0. The first kappa shape index (κ1) is 15.2. The fourth-order valence-electron chi connectivity index (χ4n) is 1.11. The fraction of sp³-hybridized carbons (Fsp3) is 0.250. The summed E-state index contributed by atoms with van der Waals surface area (Å²) in [5.41, 5.74) is 0. The highest BCUT2D eigenvalue weighted by Crippen LogP contribution is 2.28. The standard InChI is InChI=1S/C12H12Br2O4/c1-2-12(16)18-9(6-15)7-17-11-4-3-8(13)5-10(11)14/h2-5,9,15H,1,6-7H2. The molecule has 1 unspecified atom stereocenters. The van der Waals surface area contributed by atoms with E-state index in [1.807, 2.05) is 12.1 Å². The Morgan fingerprint density at radius 3 is 2.78 bits per heavy atom. The van der Waals surface area contributed by atoms with E-state index in [-0.39, 0.29) is 13.2 Å². The maximum absolute atomic E-state index is 11.0. The molecule has 0 aliphatic heterocycles. The van der Waals surface area contributed by atoms with Crippen molar-refractivity contribution in [3.05, 3.63) is 39.8 Å². The monoisotopic (exact) mass is 378 g/mol. The molecule has 1 N–H and O–H groups in total. The highest BCUT2D eigenvalue weighted by Gasteiger charge is 2.13. The van der Waals surface area contributed by atoms with E-state index in [1.54, 1.807) is 6.07 Å². The molecule has 1 aromatic rings. The Hall–Kier alpha value is -0.850. The second-order valence-electron chi connectivity index (χ2n) is 3.33. The van der Waals surface area contributed by atoms with Crippen LogP contribution in [0.25, 0.3) is 0 Å². The first-order valence-corrected chi connectivity index (χ1v) is 6.67. The van der Waals surface area contributed by atoms with E-state index in [0.717, 1.165) is 15.0 Å². The molecular formula is C12H12Br2O4. The number of hydrogen-bond acceptors (Lipinski definition) is 4. The van der Waals surface area contributed by atoms with Gasteiger partial charge in [0, 0.05) is 10.5 Å². The van der Waals surface area contributed by atoms with Crippen molar-refractivity contribution in [1.82, 2.24) is 0 Å². The Morgan fingerprint density at radius 2 is 2.22 bits per heavy atom. The summed E-state index contributed by atoms with van der Waals surface area (Å²) in [6, 6.07) is 5.42. The van der Waals surface area contributed by atoms with Crippen LogP contribution in [0.5, 0.6) is 5.75 Å². The lowest BCUT2D eigenvalue weighted by Gasteiger charge is -2.16. The maximum Gasteiger partial charge on any atom is 0.330 e. The van der Waals surface area contributed by atoms with Crippen molar-refractivity contribution in [2.24, 2.45) is 0 Å². The number of aliphatic hydroxyl groups excluding tert-OH is 1. The Bertz CT molecular complexity index is 434. The number of halogens is 2. The third-order valence-corrected chi connectivity index (χ3v) is 3.08. The largest absolute Gasteiger partial charge is 0.488 e. The molecule has 0 amide bonds. The Labute approximate surface area is 122 Å². The molecule has 0 heterocycles. The van der Waals surface area contributed by atoms with Crippen LogP contribution < -0.4 is 4.74 Å². The van der Waals surface area contributed by atoms with Crippen LogP contribution in [-0.4, -0.2) is 30.4 Å². The Kier molecular flexibility index (Phi) is 6.38. The minimum atomic E-state index is -0.717. The minimum absolute atomic E-state index is 0.0658. The average molecular weight is 380 g/mol. The molecule has 1 atom stereocenters. The quantitative estimate of drug-likeness (QED) is 0.609. The summed E-state index contributed by atoms with van der Waals surface area (Å²) in [4.78, 5) is 11.0. The topological polar surface area (TPSA) is 55.8 Å². The molecule has 0 aromatic heterocycles. The molecule has 6 heteroatoms. The van der Waals surface area contributed by atoms with E-state index >= 15 is 0 Å². The van der Waals surface area contributed by atoms with Crippen LogP contribution in [0.3, 0.4) is 0 Å². The van der Waals surface area contributed by atoms with Gasteiger partial charge in [0.2, 0.25) is 0 Å². The number of rotatable bonds is 6. The van der Waals surface area contributed by atoms with Crippen LogP contribution in [0.2, 0.25) is 0 Å². The van der Waals surface area contributed by atoms with E-state index in [2.05, 4.69) is 38.4 Å². The smallest absolute Gasteiger partial charge is 0.330 e. The first-order chi connectivity index (χ1) is 8.56. The van der Waals surface area contributed by atoms with Gasteiger partial charge in [-0.1, -0.05) is 22.5 Å². The number of aliphatic hydroxyl groups is 1. The first-order valence-electron chi connectivity index (χ1n) is 5.08. The Morgan fingerprint density at radius 1 is 1.50 bits per heavy atom. The number of carbonyl (C=O) groups is 1. The summed E-state index contributed by atoms with van der Waals surface area (Å²) in [6.07, 6.45) is 0.323. The van der Waals surface area contributed by atoms with Crippen LogP contribution in [-0.2, 0) is 9.53 Å². The van der Waals surface area contributed by atoms with Gasteiger partial charge in [-0.3, -0.25) is 0 Å². The molecule has 0 radical (unpaired) electrons. The average Bonchev–Trinajstić information content (AvgIpc) is 2.35. The van der Waals surface area contributed by atoms with Crippen LogP contribution >= 0.6 is 31.9 Å². The molecule has 1 aromatic carbocycles. The van der Waals surface area contributed by atoms with E-state index < -0.39 is 12.1 Å². The highest BCUT2D eigenvalue weighted by atomic mass is 79.9. The molecule has 98 valence electrons. The van der Waals surface area contributed by atoms with Gasteiger partial charge < -0.3 is 14.6 Å². The number of carbonyl (C=O) groups excluding carboxylic acids is 1. The van der Waals surface area contributed by atoms with Crippen molar-refractivity contribution in [2.75, 3.05) is 13.2 Å². The number of hydrogen-bond donors (Lipinski definition) is 1. The molecule has 0 fully saturated rings. The van der Waals surface area contributed by atoms with Gasteiger partial charge in [-0.2, -0.15) is 0 Å². The lowest BCUT2D eigenvalue weighted by atomic mass is 10.3. The highest BCUT2D eigenvalue weighted by molar-refractivity contribution is 9.11. The molecule has 0 bridgehead atoms. The third-order valence-electron chi connectivity index (χ3n) is 1.97. The number of ether oxygens (including phenoxy) is 2. The van der Waals surface area contributed by atoms with E-state index in [1.165, 1.54) is 0 Å². The van der Waals surface area contributed by atoms with Gasteiger partial charge in [0.05, 0.1) is 11.1 Å². The zero-order valence-corrected chi connectivity index (χ0v) is 12.6. The minimum Gasteiger partial charge on any atom is -0.488 e. The van der Waals surface area contributed by atoms with E-state index in [9.17, 15) is 4.79 Å². The molecule has 0 aliphatic carbocycles. The van der Waals surface area contributed by atoms with E-state index in [4.69, 9.17) is 14.6 Å². The predicted molar refractivity (Wildman–Crippen MR) is 74.5 cm³/mol. The third kappa shape index (κ3) is 4.80. The molecule has 4 nitrogen and oxygen atoms in total. The van der Waals surface area contributed by atoms with Crippen molar-refractivity contribution in [3.8, 4) is 5.75 Å². The van der Waals surface area contributed by atoms with Crippen LogP contribution in [0.15, 0.2) is 39.8 Å². The molecular weight excluding hydrogens is 368 g/mol. The van der Waals surface area contributed by atoms with Gasteiger partial charge in [0.1, 0.15) is 12.4 Å². The fourth-order valence-corrected chi connectivity index (χ4v) is 2.27. The van der Waals surface area contributed by atoms with Crippen LogP contribution in [0, 0.1) is 0 Å². The van der Waals surface area contributed by atoms with Crippen LogP contribution in [0.1, 0.15) is 0 Å². The second-order valence-corrected chi connectivity index (χ2v) is 5.10. The van der Waals surface area contributed by atoms with Gasteiger partial charge in [-0.15, -0.1) is 0 Å². The maximum atomic E-state index is 11.0. The summed E-state index contributed by atoms with van der Waals surface area (Å²) >= 11 is 6.67. The van der Waals surface area contributed by atoms with Gasteiger partial charge in [-0.25, -0.2) is 4.79 Å². The zero-order chi connectivity index (χ0) is 13.5. The zero-order valence-electron chi connectivity index (χ0n) is 9.44. The lowest BCUT2D eigenvalue weighted by molar-refractivity contribution is -0.146. The molecule has 1 rings (SSSR count). The molecule has 0 saturated heterocycles. The predicted octanol–water partition coefficient (Wildman–Crippen LogP) is 2.68. The summed E-state index contributed by atoms with van der Waals surface area (Å²) in [5.74, 6) is 0.0128. The van der Waals surface area contributed by atoms with Gasteiger partial charge in [-0.05, 0) is 34.1 Å². The molecule has 18 heavy (non-hydrogen) atoms. The van der Waals surface area contributed by atoms with Crippen molar-refractivity contribution >= 4 is 37.8 Å². The summed E-state index contributed by atoms with van der Waals surface area (Å²) in [5, 5.41) is 9.05. The van der Waals surface area contributed by atoms with Crippen molar-refractivity contribution in [2.45, 2.75) is 6.10 Å². The van der Waals surface area contributed by atoms with Gasteiger partial charge >= 0.3 is 5.97 Å². The van der Waals surface area contributed by atoms with Crippen molar-refractivity contribution in [3.63, 3.8) is 0 Å². The SMILES string of the molecule is C=CC(=O)OC(CO)COc1ccc(Br)cc1Br. The summed E-state index contributed by atoms with van der Waals surface area (Å²) in [7, 11) is 0. The number of esters is 1.